The minimum atomic E-state index is 0.836. The van der Waals surface area contributed by atoms with Gasteiger partial charge in [-0.05, 0) is 31.0 Å². The van der Waals surface area contributed by atoms with Gasteiger partial charge in [-0.3, -0.25) is 0 Å². The highest BCUT2D eigenvalue weighted by molar-refractivity contribution is 7.99. The summed E-state index contributed by atoms with van der Waals surface area (Å²) >= 11 is 1.99. The van der Waals surface area contributed by atoms with Crippen molar-refractivity contribution in [3.05, 3.63) is 49.1 Å². The summed E-state index contributed by atoms with van der Waals surface area (Å²) in [5, 5.41) is 0. The maximum atomic E-state index is 4.09. The summed E-state index contributed by atoms with van der Waals surface area (Å²) in [4.78, 5) is 8.06. The van der Waals surface area contributed by atoms with Crippen molar-refractivity contribution < 1.29 is 0 Å². The lowest BCUT2D eigenvalue weighted by molar-refractivity contribution is 0.313. The number of aromatic nitrogens is 2. The third-order valence-corrected chi connectivity index (χ3v) is 5.08. The number of hydrogen-bond donors (Lipinski definition) is 0. The first-order valence-corrected chi connectivity index (χ1v) is 8.24. The molecule has 0 amide bonds. The third-order valence-electron chi connectivity index (χ3n) is 3.83. The smallest absolute Gasteiger partial charge is 0.0946 e. The van der Waals surface area contributed by atoms with Gasteiger partial charge < -0.3 is 9.47 Å². The van der Waals surface area contributed by atoms with E-state index in [2.05, 4.69) is 44.8 Å². The largest absolute Gasteiger partial charge is 0.336 e. The van der Waals surface area contributed by atoms with Crippen LogP contribution in [0.4, 0.5) is 0 Å². The molecule has 2 aromatic rings. The van der Waals surface area contributed by atoms with Crippen molar-refractivity contribution in [2.45, 2.75) is 17.9 Å². The Balaban J connectivity index is 1.38. The van der Waals surface area contributed by atoms with Crippen molar-refractivity contribution in [2.75, 3.05) is 25.4 Å². The van der Waals surface area contributed by atoms with Crippen LogP contribution in [-0.2, 0) is 6.54 Å². The second kappa shape index (κ2) is 6.95. The Morgan fingerprint density at radius 2 is 2.10 bits per heavy atom. The van der Waals surface area contributed by atoms with Gasteiger partial charge in [-0.2, -0.15) is 0 Å². The molecule has 0 N–H and O–H groups in total. The molecule has 1 aliphatic heterocycles. The maximum Gasteiger partial charge on any atom is 0.0946 e. The fourth-order valence-electron chi connectivity index (χ4n) is 2.66. The van der Waals surface area contributed by atoms with E-state index < -0.39 is 0 Å². The first-order valence-electron chi connectivity index (χ1n) is 7.26. The molecule has 1 aromatic carbocycles. The van der Waals surface area contributed by atoms with Gasteiger partial charge in [0.2, 0.25) is 0 Å². The number of benzene rings is 1. The Bertz CT molecular complexity index is 498. The van der Waals surface area contributed by atoms with E-state index in [0.29, 0.717) is 0 Å². The molecule has 0 saturated carbocycles. The molecule has 1 aliphatic rings. The Morgan fingerprint density at radius 1 is 1.20 bits per heavy atom. The summed E-state index contributed by atoms with van der Waals surface area (Å²) in [5.74, 6) is 2.08. The van der Waals surface area contributed by atoms with Gasteiger partial charge >= 0.3 is 0 Å². The van der Waals surface area contributed by atoms with Crippen LogP contribution in [0.5, 0.6) is 0 Å². The van der Waals surface area contributed by atoms with Crippen LogP contribution in [0.2, 0.25) is 0 Å². The van der Waals surface area contributed by atoms with E-state index >= 15 is 0 Å². The molecule has 0 spiro atoms. The van der Waals surface area contributed by atoms with Crippen molar-refractivity contribution in [1.29, 1.82) is 0 Å². The average Bonchev–Trinajstić information content (AvgIpc) is 3.16. The summed E-state index contributed by atoms with van der Waals surface area (Å²) in [5.41, 5.74) is 0. The Hall–Kier alpha value is -1.26. The van der Waals surface area contributed by atoms with E-state index in [-0.39, 0.29) is 0 Å². The monoisotopic (exact) mass is 287 g/mol. The van der Waals surface area contributed by atoms with Gasteiger partial charge in [-0.15, -0.1) is 11.8 Å². The van der Waals surface area contributed by atoms with Gasteiger partial charge in [-0.1, -0.05) is 18.2 Å². The summed E-state index contributed by atoms with van der Waals surface area (Å²) < 4.78 is 2.16. The topological polar surface area (TPSA) is 21.1 Å². The first-order chi connectivity index (χ1) is 9.90. The predicted molar refractivity (Wildman–Crippen MR) is 83.9 cm³/mol. The molecule has 1 fully saturated rings. The van der Waals surface area contributed by atoms with E-state index in [1.807, 2.05) is 30.5 Å². The maximum absolute atomic E-state index is 4.09. The Labute approximate surface area is 125 Å². The minimum absolute atomic E-state index is 0.836. The van der Waals surface area contributed by atoms with Crippen molar-refractivity contribution in [2.24, 2.45) is 5.92 Å². The molecule has 3 nitrogen and oxygen atoms in total. The molecule has 0 radical (unpaired) electrons. The van der Waals surface area contributed by atoms with Crippen LogP contribution in [0.25, 0.3) is 0 Å². The van der Waals surface area contributed by atoms with Crippen LogP contribution in [-0.4, -0.2) is 39.8 Å². The lowest BCUT2D eigenvalue weighted by Gasteiger charge is -2.16. The van der Waals surface area contributed by atoms with E-state index in [0.717, 1.165) is 19.0 Å². The fourth-order valence-corrected chi connectivity index (χ4v) is 3.71. The normalized spacial score (nSPS) is 19.5. The standard InChI is InChI=1S/C16H21N3S/c1-2-4-16(5-3-1)20-13-15-6-8-18(12-15)10-11-19-9-7-17-14-19/h1-5,7,9,14-15H,6,8,10-13H2/t15-/m1/s1. The van der Waals surface area contributed by atoms with Crippen molar-refractivity contribution in [3.8, 4) is 0 Å². The molecule has 2 heterocycles. The Morgan fingerprint density at radius 3 is 2.90 bits per heavy atom. The van der Waals surface area contributed by atoms with Crippen LogP contribution < -0.4 is 0 Å². The van der Waals surface area contributed by atoms with E-state index in [4.69, 9.17) is 0 Å². The van der Waals surface area contributed by atoms with Crippen molar-refractivity contribution in [3.63, 3.8) is 0 Å². The fraction of sp³-hybridized carbons (Fsp3) is 0.438. The van der Waals surface area contributed by atoms with Gasteiger partial charge in [0.1, 0.15) is 0 Å². The Kier molecular flexibility index (Phi) is 4.77. The number of rotatable bonds is 6. The summed E-state index contributed by atoms with van der Waals surface area (Å²) in [6, 6.07) is 10.7. The molecule has 4 heteroatoms. The number of thioether (sulfide) groups is 1. The molecule has 3 rings (SSSR count). The van der Waals surface area contributed by atoms with E-state index in [9.17, 15) is 0 Å². The van der Waals surface area contributed by atoms with Crippen LogP contribution in [0.3, 0.4) is 0 Å². The molecule has 0 unspecified atom stereocenters. The molecular weight excluding hydrogens is 266 g/mol. The van der Waals surface area contributed by atoms with Gasteiger partial charge in [0.05, 0.1) is 6.33 Å². The van der Waals surface area contributed by atoms with Gasteiger partial charge in [-0.25, -0.2) is 4.98 Å². The summed E-state index contributed by atoms with van der Waals surface area (Å²) in [6.45, 7) is 4.69. The zero-order valence-corrected chi connectivity index (χ0v) is 12.5. The van der Waals surface area contributed by atoms with Crippen LogP contribution >= 0.6 is 11.8 Å². The third kappa shape index (κ3) is 3.87. The molecule has 1 atom stereocenters. The first kappa shape index (κ1) is 13.7. The number of imidazole rings is 1. The highest BCUT2D eigenvalue weighted by Gasteiger charge is 2.21. The second-order valence-corrected chi connectivity index (χ2v) is 6.47. The number of nitrogens with zero attached hydrogens (tertiary/aromatic N) is 3. The van der Waals surface area contributed by atoms with Crippen LogP contribution in [0.1, 0.15) is 6.42 Å². The molecule has 1 saturated heterocycles. The second-order valence-electron chi connectivity index (χ2n) is 5.38. The predicted octanol–water partition coefficient (Wildman–Crippen LogP) is 3.00. The van der Waals surface area contributed by atoms with E-state index in [1.165, 1.54) is 30.2 Å². The van der Waals surface area contributed by atoms with Crippen LogP contribution in [0, 0.1) is 5.92 Å². The SMILES string of the molecule is c1ccc(SC[C@@H]2CCN(CCn3ccnc3)C2)cc1. The summed E-state index contributed by atoms with van der Waals surface area (Å²) in [6.07, 6.45) is 7.13. The zero-order valence-electron chi connectivity index (χ0n) is 11.7. The van der Waals surface area contributed by atoms with Gasteiger partial charge in [0.25, 0.3) is 0 Å². The summed E-state index contributed by atoms with van der Waals surface area (Å²) in [7, 11) is 0. The lowest BCUT2D eigenvalue weighted by Crippen LogP contribution is -2.25. The molecule has 20 heavy (non-hydrogen) atoms. The van der Waals surface area contributed by atoms with Crippen molar-refractivity contribution in [1.82, 2.24) is 14.5 Å². The molecule has 106 valence electrons. The van der Waals surface area contributed by atoms with Gasteiger partial charge in [0.15, 0.2) is 0 Å². The molecule has 0 aliphatic carbocycles. The van der Waals surface area contributed by atoms with Crippen molar-refractivity contribution >= 4 is 11.8 Å². The number of likely N-dealkylation sites (tertiary alicyclic amines) is 1. The minimum Gasteiger partial charge on any atom is -0.336 e. The van der Waals surface area contributed by atoms with Crippen LogP contribution in [0.15, 0.2) is 53.9 Å². The highest BCUT2D eigenvalue weighted by Crippen LogP contribution is 2.25. The number of hydrogen-bond acceptors (Lipinski definition) is 3. The average molecular weight is 287 g/mol. The van der Waals surface area contributed by atoms with E-state index in [1.54, 1.807) is 0 Å². The lowest BCUT2D eigenvalue weighted by atomic mass is 10.2. The molecular formula is C16H21N3S. The quantitative estimate of drug-likeness (QED) is 0.762. The molecule has 1 aromatic heterocycles. The highest BCUT2D eigenvalue weighted by atomic mass is 32.2. The van der Waals surface area contributed by atoms with Gasteiger partial charge in [0, 0.05) is 42.7 Å². The molecule has 0 bridgehead atoms. The zero-order chi connectivity index (χ0) is 13.6.